The van der Waals surface area contributed by atoms with Gasteiger partial charge in [0.1, 0.15) is 5.75 Å². The van der Waals surface area contributed by atoms with E-state index in [9.17, 15) is 18.0 Å². The first-order chi connectivity index (χ1) is 14.9. The molecule has 0 aliphatic carbocycles. The maximum atomic E-state index is 12.9. The zero-order chi connectivity index (χ0) is 22.3. The molecular weight excluding hydrogens is 418 g/mol. The van der Waals surface area contributed by atoms with Gasteiger partial charge < -0.3 is 15.4 Å². The van der Waals surface area contributed by atoms with Gasteiger partial charge in [-0.15, -0.1) is 0 Å². The van der Waals surface area contributed by atoms with Crippen molar-refractivity contribution in [1.29, 1.82) is 0 Å². The molecule has 0 aromatic heterocycles. The SMILES string of the molecule is COc1ccc(S(=O)(=O)N2CCCC(C(=O)NCCC(=O)Nc3ccccc3)C2)cc1. The Morgan fingerprint density at radius 2 is 1.81 bits per heavy atom. The van der Waals surface area contributed by atoms with Gasteiger partial charge in [0.15, 0.2) is 0 Å². The van der Waals surface area contributed by atoms with Gasteiger partial charge in [0, 0.05) is 31.7 Å². The monoisotopic (exact) mass is 445 g/mol. The highest BCUT2D eigenvalue weighted by Gasteiger charge is 2.33. The average molecular weight is 446 g/mol. The van der Waals surface area contributed by atoms with E-state index in [4.69, 9.17) is 4.74 Å². The summed E-state index contributed by atoms with van der Waals surface area (Å²) in [5.74, 6) is -0.300. The van der Waals surface area contributed by atoms with E-state index < -0.39 is 15.9 Å². The first kappa shape index (κ1) is 22.8. The number of carbonyl (C=O) groups is 2. The molecule has 1 atom stereocenters. The van der Waals surface area contributed by atoms with Crippen molar-refractivity contribution in [3.63, 3.8) is 0 Å². The summed E-state index contributed by atoms with van der Waals surface area (Å²) in [7, 11) is -2.17. The molecule has 8 nitrogen and oxygen atoms in total. The van der Waals surface area contributed by atoms with Crippen molar-refractivity contribution < 1.29 is 22.7 Å². The molecule has 2 aromatic carbocycles. The maximum absolute atomic E-state index is 12.9. The largest absolute Gasteiger partial charge is 0.497 e. The van der Waals surface area contributed by atoms with E-state index in [-0.39, 0.29) is 36.2 Å². The Hall–Kier alpha value is -2.91. The third-order valence-electron chi connectivity index (χ3n) is 5.16. The van der Waals surface area contributed by atoms with Crippen molar-refractivity contribution in [2.45, 2.75) is 24.2 Å². The first-order valence-corrected chi connectivity index (χ1v) is 11.6. The second-order valence-electron chi connectivity index (χ2n) is 7.33. The van der Waals surface area contributed by atoms with E-state index in [1.807, 2.05) is 18.2 Å². The Bertz CT molecular complexity index is 994. The predicted octanol–water partition coefficient (Wildman–Crippen LogP) is 2.24. The Morgan fingerprint density at radius 1 is 1.10 bits per heavy atom. The normalized spacial score (nSPS) is 17.0. The lowest BCUT2D eigenvalue weighted by atomic mass is 9.99. The highest BCUT2D eigenvalue weighted by Crippen LogP contribution is 2.25. The molecule has 0 radical (unpaired) electrons. The number of carbonyl (C=O) groups excluding carboxylic acids is 2. The number of piperidine rings is 1. The smallest absolute Gasteiger partial charge is 0.243 e. The van der Waals surface area contributed by atoms with Crippen LogP contribution in [-0.4, -0.2) is 51.3 Å². The topological polar surface area (TPSA) is 105 Å². The molecule has 1 aliphatic heterocycles. The second-order valence-corrected chi connectivity index (χ2v) is 9.27. The van der Waals surface area contributed by atoms with Crippen molar-refractivity contribution in [3.05, 3.63) is 54.6 Å². The molecule has 1 saturated heterocycles. The van der Waals surface area contributed by atoms with Crippen molar-refractivity contribution in [2.24, 2.45) is 5.92 Å². The number of hydrogen-bond acceptors (Lipinski definition) is 5. The van der Waals surface area contributed by atoms with Crippen LogP contribution >= 0.6 is 0 Å². The number of para-hydroxylation sites is 1. The molecule has 1 heterocycles. The highest BCUT2D eigenvalue weighted by atomic mass is 32.2. The maximum Gasteiger partial charge on any atom is 0.243 e. The lowest BCUT2D eigenvalue weighted by Gasteiger charge is -2.31. The van der Waals surface area contributed by atoms with Crippen LogP contribution in [0.15, 0.2) is 59.5 Å². The Balaban J connectivity index is 1.51. The summed E-state index contributed by atoms with van der Waals surface area (Å²) in [6.45, 7) is 0.688. The molecule has 0 spiro atoms. The minimum absolute atomic E-state index is 0.121. The summed E-state index contributed by atoms with van der Waals surface area (Å²) in [4.78, 5) is 24.7. The van der Waals surface area contributed by atoms with Gasteiger partial charge in [-0.1, -0.05) is 18.2 Å². The van der Waals surface area contributed by atoms with Crippen LogP contribution in [0.4, 0.5) is 5.69 Å². The molecule has 2 amide bonds. The molecule has 1 aliphatic rings. The fourth-order valence-electron chi connectivity index (χ4n) is 3.46. The minimum atomic E-state index is -3.69. The number of anilines is 1. The summed E-state index contributed by atoms with van der Waals surface area (Å²) in [6.07, 6.45) is 1.35. The summed E-state index contributed by atoms with van der Waals surface area (Å²) < 4.78 is 32.3. The number of amides is 2. The van der Waals surface area contributed by atoms with Crippen LogP contribution in [0.25, 0.3) is 0 Å². The number of ether oxygens (including phenoxy) is 1. The second kappa shape index (κ2) is 10.4. The van der Waals surface area contributed by atoms with Gasteiger partial charge in [-0.2, -0.15) is 4.31 Å². The third-order valence-corrected chi connectivity index (χ3v) is 7.04. The zero-order valence-corrected chi connectivity index (χ0v) is 18.2. The van der Waals surface area contributed by atoms with Gasteiger partial charge in [-0.25, -0.2) is 8.42 Å². The van der Waals surface area contributed by atoms with Gasteiger partial charge in [0.05, 0.1) is 17.9 Å². The standard InChI is InChI=1S/C22H27N3O5S/c1-30-19-9-11-20(12-10-19)31(28,29)25-15-5-6-17(16-25)22(27)23-14-13-21(26)24-18-7-3-2-4-8-18/h2-4,7-12,17H,5-6,13-16H2,1H3,(H,23,27)(H,24,26). The van der Waals surface area contributed by atoms with E-state index >= 15 is 0 Å². The third kappa shape index (κ3) is 6.05. The van der Waals surface area contributed by atoms with Crippen LogP contribution in [0.2, 0.25) is 0 Å². The van der Waals surface area contributed by atoms with Gasteiger partial charge in [-0.3, -0.25) is 9.59 Å². The molecule has 2 aromatic rings. The van der Waals surface area contributed by atoms with Crippen molar-refractivity contribution >= 4 is 27.5 Å². The van der Waals surface area contributed by atoms with E-state index in [2.05, 4.69) is 10.6 Å². The molecule has 1 unspecified atom stereocenters. The minimum Gasteiger partial charge on any atom is -0.497 e. The van der Waals surface area contributed by atoms with Crippen LogP contribution in [0.5, 0.6) is 5.75 Å². The van der Waals surface area contributed by atoms with Gasteiger partial charge in [-0.05, 0) is 49.2 Å². The summed E-state index contributed by atoms with van der Waals surface area (Å²) in [5.41, 5.74) is 0.700. The summed E-state index contributed by atoms with van der Waals surface area (Å²) in [6, 6.07) is 15.3. The molecule has 2 N–H and O–H groups in total. The molecule has 1 fully saturated rings. The fourth-order valence-corrected chi connectivity index (χ4v) is 4.98. The molecule has 166 valence electrons. The number of nitrogens with one attached hydrogen (secondary N) is 2. The van der Waals surface area contributed by atoms with Crippen molar-refractivity contribution in [2.75, 3.05) is 32.1 Å². The van der Waals surface area contributed by atoms with Crippen LogP contribution < -0.4 is 15.4 Å². The Kier molecular flexibility index (Phi) is 7.64. The summed E-state index contributed by atoms with van der Waals surface area (Å²) >= 11 is 0. The van der Waals surface area contributed by atoms with Crippen molar-refractivity contribution in [3.8, 4) is 5.75 Å². The number of sulfonamides is 1. The molecule has 9 heteroatoms. The molecule has 3 rings (SSSR count). The molecule has 0 saturated carbocycles. The van der Waals surface area contributed by atoms with Gasteiger partial charge in [0.25, 0.3) is 0 Å². The lowest BCUT2D eigenvalue weighted by Crippen LogP contribution is -2.45. The van der Waals surface area contributed by atoms with E-state index in [0.717, 1.165) is 0 Å². The van der Waals surface area contributed by atoms with E-state index in [0.29, 0.717) is 30.8 Å². The highest BCUT2D eigenvalue weighted by molar-refractivity contribution is 7.89. The summed E-state index contributed by atoms with van der Waals surface area (Å²) in [5, 5.41) is 5.52. The van der Waals surface area contributed by atoms with Crippen LogP contribution in [0, 0.1) is 5.92 Å². The van der Waals surface area contributed by atoms with Gasteiger partial charge in [0.2, 0.25) is 21.8 Å². The van der Waals surface area contributed by atoms with E-state index in [1.54, 1.807) is 24.3 Å². The Labute approximate surface area is 182 Å². The van der Waals surface area contributed by atoms with Crippen LogP contribution in [0.1, 0.15) is 19.3 Å². The van der Waals surface area contributed by atoms with Crippen LogP contribution in [-0.2, 0) is 19.6 Å². The zero-order valence-electron chi connectivity index (χ0n) is 17.4. The fraction of sp³-hybridized carbons (Fsp3) is 0.364. The predicted molar refractivity (Wildman–Crippen MR) is 117 cm³/mol. The average Bonchev–Trinajstić information content (AvgIpc) is 2.79. The van der Waals surface area contributed by atoms with Gasteiger partial charge >= 0.3 is 0 Å². The van der Waals surface area contributed by atoms with Crippen molar-refractivity contribution in [1.82, 2.24) is 9.62 Å². The molecule has 31 heavy (non-hydrogen) atoms. The number of rotatable bonds is 8. The number of hydrogen-bond donors (Lipinski definition) is 2. The lowest BCUT2D eigenvalue weighted by molar-refractivity contribution is -0.126. The molecular formula is C22H27N3O5S. The Morgan fingerprint density at radius 3 is 2.48 bits per heavy atom. The van der Waals surface area contributed by atoms with E-state index in [1.165, 1.54) is 23.5 Å². The number of benzene rings is 2. The number of nitrogens with zero attached hydrogens (tertiary/aromatic N) is 1. The first-order valence-electron chi connectivity index (χ1n) is 10.2. The number of methoxy groups -OCH3 is 1. The molecule has 0 bridgehead atoms. The quantitative estimate of drug-likeness (QED) is 0.648. The van der Waals surface area contributed by atoms with Crippen LogP contribution in [0.3, 0.4) is 0 Å².